The third-order valence-corrected chi connectivity index (χ3v) is 3.84. The summed E-state index contributed by atoms with van der Waals surface area (Å²) in [6.07, 6.45) is 4.34. The number of hydrogen-bond donors (Lipinski definition) is 1. The van der Waals surface area contributed by atoms with E-state index in [1.165, 1.54) is 12.8 Å². The number of methoxy groups -OCH3 is 2. The lowest BCUT2D eigenvalue weighted by molar-refractivity contribution is 0.163. The summed E-state index contributed by atoms with van der Waals surface area (Å²) < 4.78 is 10.8. The highest BCUT2D eigenvalue weighted by atomic mass is 16.5. The Bertz CT molecular complexity index is 424. The zero-order valence-corrected chi connectivity index (χ0v) is 12.7. The highest BCUT2D eigenvalue weighted by molar-refractivity contribution is 5.42. The molecule has 1 aromatic heterocycles. The van der Waals surface area contributed by atoms with Crippen LogP contribution in [-0.2, 0) is 6.54 Å². The van der Waals surface area contributed by atoms with Gasteiger partial charge in [0.2, 0.25) is 0 Å². The molecule has 1 saturated heterocycles. The normalized spacial score (nSPS) is 19.9. The van der Waals surface area contributed by atoms with Crippen molar-refractivity contribution in [2.75, 3.05) is 40.9 Å². The molecular weight excluding hydrogens is 254 g/mol. The Morgan fingerprint density at radius 2 is 2.25 bits per heavy atom. The Kier molecular flexibility index (Phi) is 5.61. The van der Waals surface area contributed by atoms with Crippen molar-refractivity contribution in [1.82, 2.24) is 15.2 Å². The van der Waals surface area contributed by atoms with Gasteiger partial charge in [-0.2, -0.15) is 0 Å². The van der Waals surface area contributed by atoms with Crippen molar-refractivity contribution in [2.45, 2.75) is 19.4 Å². The fourth-order valence-electron chi connectivity index (χ4n) is 2.93. The largest absolute Gasteiger partial charge is 0.493 e. The second kappa shape index (κ2) is 7.45. The maximum atomic E-state index is 5.46. The number of nitrogens with one attached hydrogen (secondary N) is 1. The smallest absolute Gasteiger partial charge is 0.183 e. The first kappa shape index (κ1) is 15.1. The Hall–Kier alpha value is -1.33. The first-order valence-corrected chi connectivity index (χ1v) is 7.21. The molecule has 0 saturated carbocycles. The van der Waals surface area contributed by atoms with E-state index in [0.717, 1.165) is 49.3 Å². The second-order valence-corrected chi connectivity index (χ2v) is 5.29. The van der Waals surface area contributed by atoms with Crippen LogP contribution in [0.3, 0.4) is 0 Å². The fourth-order valence-corrected chi connectivity index (χ4v) is 2.93. The summed E-state index contributed by atoms with van der Waals surface area (Å²) in [7, 11) is 5.35. The minimum absolute atomic E-state index is 0.727. The molecule has 0 radical (unpaired) electrons. The number of likely N-dealkylation sites (tertiary alicyclic amines) is 1. The predicted octanol–water partition coefficient (Wildman–Crippen LogP) is 1.53. The molecule has 0 bridgehead atoms. The van der Waals surface area contributed by atoms with Gasteiger partial charge >= 0.3 is 0 Å². The Labute approximate surface area is 121 Å². The molecule has 0 amide bonds. The molecule has 1 unspecified atom stereocenters. The lowest BCUT2D eigenvalue weighted by atomic mass is 9.98. The molecular formula is C15H25N3O2. The average molecular weight is 279 g/mol. The zero-order chi connectivity index (χ0) is 14.4. The summed E-state index contributed by atoms with van der Waals surface area (Å²) in [4.78, 5) is 6.92. The minimum atomic E-state index is 0.727. The van der Waals surface area contributed by atoms with Gasteiger partial charge in [-0.1, -0.05) is 0 Å². The van der Waals surface area contributed by atoms with Crippen LogP contribution in [0.15, 0.2) is 12.3 Å². The molecule has 1 aliphatic rings. The molecule has 0 spiro atoms. The second-order valence-electron chi connectivity index (χ2n) is 5.29. The Morgan fingerprint density at radius 1 is 1.40 bits per heavy atom. The van der Waals surface area contributed by atoms with Crippen molar-refractivity contribution >= 4 is 0 Å². The number of piperidine rings is 1. The van der Waals surface area contributed by atoms with Crippen LogP contribution in [0.4, 0.5) is 0 Å². The topological polar surface area (TPSA) is 46.6 Å². The SMILES string of the molecule is CNCC1CCCN(Cc2nccc(OC)c2OC)C1. The van der Waals surface area contributed by atoms with Gasteiger partial charge < -0.3 is 14.8 Å². The van der Waals surface area contributed by atoms with Crippen molar-refractivity contribution in [2.24, 2.45) is 5.92 Å². The van der Waals surface area contributed by atoms with Gasteiger partial charge in [0.15, 0.2) is 11.5 Å². The summed E-state index contributed by atoms with van der Waals surface area (Å²) in [5.41, 5.74) is 0.956. The lowest BCUT2D eigenvalue weighted by Crippen LogP contribution is -2.38. The molecule has 2 heterocycles. The Morgan fingerprint density at radius 3 is 2.95 bits per heavy atom. The third kappa shape index (κ3) is 3.61. The summed E-state index contributed by atoms with van der Waals surface area (Å²) in [5, 5.41) is 3.28. The highest BCUT2D eigenvalue weighted by Gasteiger charge is 2.21. The van der Waals surface area contributed by atoms with E-state index in [0.29, 0.717) is 0 Å². The molecule has 1 N–H and O–H groups in total. The number of nitrogens with zero attached hydrogens (tertiary/aromatic N) is 2. The monoisotopic (exact) mass is 279 g/mol. The van der Waals surface area contributed by atoms with E-state index < -0.39 is 0 Å². The maximum absolute atomic E-state index is 5.46. The van der Waals surface area contributed by atoms with Gasteiger partial charge in [-0.05, 0) is 38.9 Å². The number of ether oxygens (including phenoxy) is 2. The van der Waals surface area contributed by atoms with Crippen LogP contribution >= 0.6 is 0 Å². The Balaban J connectivity index is 2.05. The van der Waals surface area contributed by atoms with Crippen LogP contribution in [0.25, 0.3) is 0 Å². The quantitative estimate of drug-likeness (QED) is 0.855. The summed E-state index contributed by atoms with van der Waals surface area (Å²) in [6.45, 7) is 4.14. The molecule has 20 heavy (non-hydrogen) atoms. The molecule has 0 aliphatic carbocycles. The molecule has 1 aromatic rings. The van der Waals surface area contributed by atoms with E-state index >= 15 is 0 Å². The molecule has 2 rings (SSSR count). The first-order chi connectivity index (χ1) is 9.78. The van der Waals surface area contributed by atoms with Crippen molar-refractivity contribution in [3.8, 4) is 11.5 Å². The van der Waals surface area contributed by atoms with Gasteiger partial charge in [0.05, 0.1) is 14.2 Å². The van der Waals surface area contributed by atoms with Gasteiger partial charge in [0.25, 0.3) is 0 Å². The van der Waals surface area contributed by atoms with Crippen molar-refractivity contribution in [3.05, 3.63) is 18.0 Å². The van der Waals surface area contributed by atoms with Crippen LogP contribution in [0.1, 0.15) is 18.5 Å². The molecule has 1 fully saturated rings. The first-order valence-electron chi connectivity index (χ1n) is 7.21. The molecule has 1 aliphatic heterocycles. The zero-order valence-electron chi connectivity index (χ0n) is 12.7. The maximum Gasteiger partial charge on any atom is 0.183 e. The average Bonchev–Trinajstić information content (AvgIpc) is 2.47. The predicted molar refractivity (Wildman–Crippen MR) is 79.3 cm³/mol. The molecule has 0 aromatic carbocycles. The van der Waals surface area contributed by atoms with Gasteiger partial charge in [0, 0.05) is 25.4 Å². The summed E-state index contributed by atoms with van der Waals surface area (Å²) >= 11 is 0. The highest BCUT2D eigenvalue weighted by Crippen LogP contribution is 2.30. The molecule has 112 valence electrons. The summed E-state index contributed by atoms with van der Waals surface area (Å²) in [5.74, 6) is 2.23. The number of hydrogen-bond acceptors (Lipinski definition) is 5. The molecule has 5 nitrogen and oxygen atoms in total. The van der Waals surface area contributed by atoms with Gasteiger partial charge in [-0.3, -0.25) is 9.88 Å². The van der Waals surface area contributed by atoms with E-state index in [1.54, 1.807) is 20.4 Å². The lowest BCUT2D eigenvalue weighted by Gasteiger charge is -2.32. The number of pyridine rings is 1. The molecule has 1 atom stereocenters. The van der Waals surface area contributed by atoms with E-state index in [-0.39, 0.29) is 0 Å². The van der Waals surface area contributed by atoms with Crippen LogP contribution in [-0.4, -0.2) is 50.8 Å². The molecule has 5 heteroatoms. The standard InChI is InChI=1S/C15H25N3O2/c1-16-9-12-5-4-8-18(10-12)11-13-15(20-3)14(19-2)6-7-17-13/h6-7,12,16H,4-5,8-11H2,1-3H3. The van der Waals surface area contributed by atoms with Crippen LogP contribution in [0.5, 0.6) is 11.5 Å². The van der Waals surface area contributed by atoms with Crippen LogP contribution in [0, 0.1) is 5.92 Å². The van der Waals surface area contributed by atoms with E-state index in [9.17, 15) is 0 Å². The van der Waals surface area contributed by atoms with E-state index in [4.69, 9.17) is 9.47 Å². The van der Waals surface area contributed by atoms with Gasteiger partial charge in [-0.15, -0.1) is 0 Å². The fraction of sp³-hybridized carbons (Fsp3) is 0.667. The van der Waals surface area contributed by atoms with Crippen molar-refractivity contribution in [1.29, 1.82) is 0 Å². The van der Waals surface area contributed by atoms with Crippen LogP contribution in [0.2, 0.25) is 0 Å². The van der Waals surface area contributed by atoms with Crippen molar-refractivity contribution < 1.29 is 9.47 Å². The number of aromatic nitrogens is 1. The summed E-state index contributed by atoms with van der Waals surface area (Å²) in [6, 6.07) is 1.84. The van der Waals surface area contributed by atoms with Gasteiger partial charge in [0.1, 0.15) is 5.69 Å². The number of rotatable bonds is 6. The van der Waals surface area contributed by atoms with E-state index in [1.807, 2.05) is 13.1 Å². The van der Waals surface area contributed by atoms with Crippen molar-refractivity contribution in [3.63, 3.8) is 0 Å². The third-order valence-electron chi connectivity index (χ3n) is 3.84. The minimum Gasteiger partial charge on any atom is -0.493 e. The van der Waals surface area contributed by atoms with Gasteiger partial charge in [-0.25, -0.2) is 0 Å². The van der Waals surface area contributed by atoms with Crippen LogP contribution < -0.4 is 14.8 Å². The van der Waals surface area contributed by atoms with E-state index in [2.05, 4.69) is 15.2 Å².